The van der Waals surface area contributed by atoms with Gasteiger partial charge in [-0.3, -0.25) is 0 Å². The van der Waals surface area contributed by atoms with Gasteiger partial charge in [0, 0.05) is 0 Å². The fraction of sp³-hybridized carbons (Fsp3) is 1.00. The number of rotatable bonds is 5. The van der Waals surface area contributed by atoms with E-state index in [9.17, 15) is 0 Å². The topological polar surface area (TPSA) is 12.0 Å². The van der Waals surface area contributed by atoms with Crippen molar-refractivity contribution >= 4 is 0 Å². The van der Waals surface area contributed by atoms with Crippen LogP contribution in [0.3, 0.4) is 0 Å². The van der Waals surface area contributed by atoms with E-state index in [1.54, 1.807) is 0 Å². The normalized spacial score (nSPS) is 17.0. The van der Waals surface area contributed by atoms with Crippen molar-refractivity contribution in [2.75, 3.05) is 13.1 Å². The van der Waals surface area contributed by atoms with Gasteiger partial charge in [-0.25, -0.2) is 0 Å². The largest absolute Gasteiger partial charge is 0.317 e. The lowest BCUT2D eigenvalue weighted by atomic mass is 9.92. The monoisotopic (exact) mass is 213 g/mol. The van der Waals surface area contributed by atoms with Gasteiger partial charge in [0.15, 0.2) is 0 Å². The number of hydrogen-bond donors (Lipinski definition) is 1. The van der Waals surface area contributed by atoms with Crippen molar-refractivity contribution in [3.63, 3.8) is 0 Å². The van der Waals surface area contributed by atoms with E-state index in [2.05, 4.69) is 26.1 Å². The molecule has 0 spiro atoms. The Balaban J connectivity index is 0.000000583. The van der Waals surface area contributed by atoms with Crippen molar-refractivity contribution < 1.29 is 0 Å². The van der Waals surface area contributed by atoms with Crippen LogP contribution in [0.4, 0.5) is 0 Å². The number of piperidine rings is 1. The minimum absolute atomic E-state index is 1.04. The molecule has 15 heavy (non-hydrogen) atoms. The van der Waals surface area contributed by atoms with Gasteiger partial charge in [-0.2, -0.15) is 0 Å². The summed E-state index contributed by atoms with van der Waals surface area (Å²) in [6, 6.07) is 0. The molecule has 1 fully saturated rings. The molecule has 1 saturated heterocycles. The lowest BCUT2D eigenvalue weighted by molar-refractivity contribution is 0.342. The Morgan fingerprint density at radius 1 is 0.933 bits per heavy atom. The van der Waals surface area contributed by atoms with Crippen LogP contribution < -0.4 is 5.32 Å². The quantitative estimate of drug-likeness (QED) is 0.669. The molecule has 1 aliphatic rings. The summed E-state index contributed by atoms with van der Waals surface area (Å²) in [5.41, 5.74) is 0. The van der Waals surface area contributed by atoms with Crippen molar-refractivity contribution in [2.24, 2.45) is 5.92 Å². The zero-order valence-corrected chi connectivity index (χ0v) is 11.1. The van der Waals surface area contributed by atoms with E-state index in [0.29, 0.717) is 0 Å². The van der Waals surface area contributed by atoms with Crippen LogP contribution in [0.15, 0.2) is 0 Å². The molecule has 1 aliphatic heterocycles. The van der Waals surface area contributed by atoms with Gasteiger partial charge in [-0.1, -0.05) is 59.3 Å². The average Bonchev–Trinajstić information content (AvgIpc) is 2.27. The highest BCUT2D eigenvalue weighted by atomic mass is 14.9. The van der Waals surface area contributed by atoms with E-state index in [0.717, 1.165) is 5.92 Å². The maximum Gasteiger partial charge on any atom is -0.00463 e. The zero-order valence-electron chi connectivity index (χ0n) is 11.1. The smallest absolute Gasteiger partial charge is 0.00463 e. The van der Waals surface area contributed by atoms with E-state index in [4.69, 9.17) is 0 Å². The molecule has 0 aromatic heterocycles. The average molecular weight is 213 g/mol. The Labute approximate surface area is 97.0 Å². The fourth-order valence-corrected chi connectivity index (χ4v) is 2.03. The Bertz CT molecular complexity index is 106. The second kappa shape index (κ2) is 12.0. The van der Waals surface area contributed by atoms with Gasteiger partial charge in [0.1, 0.15) is 0 Å². The first kappa shape index (κ1) is 15.0. The first-order valence-corrected chi connectivity index (χ1v) is 7.05. The van der Waals surface area contributed by atoms with E-state index >= 15 is 0 Å². The summed E-state index contributed by atoms with van der Waals surface area (Å²) in [5, 5.41) is 3.42. The van der Waals surface area contributed by atoms with Crippen LogP contribution in [0.2, 0.25) is 0 Å². The zero-order chi connectivity index (χ0) is 11.4. The van der Waals surface area contributed by atoms with Crippen molar-refractivity contribution in [1.29, 1.82) is 0 Å². The number of unbranched alkanes of at least 4 members (excludes halogenated alkanes) is 3. The van der Waals surface area contributed by atoms with Gasteiger partial charge in [-0.15, -0.1) is 0 Å². The summed E-state index contributed by atoms with van der Waals surface area (Å²) in [6.45, 7) is 9.06. The minimum Gasteiger partial charge on any atom is -0.317 e. The van der Waals surface area contributed by atoms with E-state index in [1.807, 2.05) is 0 Å². The maximum absolute atomic E-state index is 3.42. The molecule has 1 heteroatoms. The molecule has 0 bridgehead atoms. The third-order valence-corrected chi connectivity index (χ3v) is 2.92. The molecular weight excluding hydrogens is 182 g/mol. The van der Waals surface area contributed by atoms with Gasteiger partial charge in [-0.05, 0) is 31.8 Å². The maximum atomic E-state index is 3.42. The molecule has 0 aromatic rings. The molecule has 1 N–H and O–H groups in total. The molecule has 0 amide bonds. The van der Waals surface area contributed by atoms with Crippen LogP contribution in [0.1, 0.15) is 72.1 Å². The van der Waals surface area contributed by atoms with Crippen LogP contribution in [0.5, 0.6) is 0 Å². The third-order valence-electron chi connectivity index (χ3n) is 2.92. The minimum atomic E-state index is 1.04. The van der Waals surface area contributed by atoms with Crippen LogP contribution >= 0.6 is 0 Å². The standard InChI is InChI=1S/C11H23N.C3H8/c1-2-3-4-5-6-11-7-9-12-10-8-11;1-3-2/h11-12H,2-10H2,1H3;3H2,1-2H3. The highest BCUT2D eigenvalue weighted by Crippen LogP contribution is 2.19. The molecular formula is C14H31N. The molecule has 1 rings (SSSR count). The Morgan fingerprint density at radius 3 is 2.07 bits per heavy atom. The Morgan fingerprint density at radius 2 is 1.53 bits per heavy atom. The summed E-state index contributed by atoms with van der Waals surface area (Å²) < 4.78 is 0. The lowest BCUT2D eigenvalue weighted by Gasteiger charge is -2.22. The molecule has 0 saturated carbocycles. The van der Waals surface area contributed by atoms with Gasteiger partial charge in [0.25, 0.3) is 0 Å². The lowest BCUT2D eigenvalue weighted by Crippen LogP contribution is -2.27. The molecule has 0 aliphatic carbocycles. The molecule has 1 heterocycles. The molecule has 0 atom stereocenters. The third kappa shape index (κ3) is 10.2. The van der Waals surface area contributed by atoms with Crippen molar-refractivity contribution in [2.45, 2.75) is 72.1 Å². The van der Waals surface area contributed by atoms with E-state index in [-0.39, 0.29) is 0 Å². The first-order chi connectivity index (χ1) is 7.35. The van der Waals surface area contributed by atoms with Crippen LogP contribution in [0.25, 0.3) is 0 Å². The molecule has 0 unspecified atom stereocenters. The van der Waals surface area contributed by atoms with Crippen molar-refractivity contribution in [3.05, 3.63) is 0 Å². The summed E-state index contributed by atoms with van der Waals surface area (Å²) >= 11 is 0. The van der Waals surface area contributed by atoms with Gasteiger partial charge >= 0.3 is 0 Å². The van der Waals surface area contributed by atoms with E-state index < -0.39 is 0 Å². The number of hydrogen-bond acceptors (Lipinski definition) is 1. The van der Waals surface area contributed by atoms with Gasteiger partial charge in [0.2, 0.25) is 0 Å². The first-order valence-electron chi connectivity index (χ1n) is 7.05. The van der Waals surface area contributed by atoms with Crippen LogP contribution in [-0.2, 0) is 0 Å². The van der Waals surface area contributed by atoms with Crippen molar-refractivity contribution in [3.8, 4) is 0 Å². The van der Waals surface area contributed by atoms with Gasteiger partial charge < -0.3 is 5.32 Å². The Kier molecular flexibility index (Phi) is 12.0. The second-order valence-electron chi connectivity index (χ2n) is 4.75. The highest BCUT2D eigenvalue weighted by Gasteiger charge is 2.11. The molecule has 1 nitrogen and oxygen atoms in total. The SMILES string of the molecule is CCC.CCCCCCC1CCNCC1. The summed E-state index contributed by atoms with van der Waals surface area (Å²) in [7, 11) is 0. The van der Waals surface area contributed by atoms with Crippen LogP contribution in [-0.4, -0.2) is 13.1 Å². The summed E-state index contributed by atoms with van der Waals surface area (Å²) in [5.74, 6) is 1.04. The molecule has 0 radical (unpaired) electrons. The molecule has 92 valence electrons. The predicted octanol–water partition coefficient (Wildman–Crippen LogP) is 4.37. The second-order valence-corrected chi connectivity index (χ2v) is 4.75. The van der Waals surface area contributed by atoms with Gasteiger partial charge in [0.05, 0.1) is 0 Å². The predicted molar refractivity (Wildman–Crippen MR) is 70.3 cm³/mol. The number of nitrogens with one attached hydrogen (secondary N) is 1. The van der Waals surface area contributed by atoms with E-state index in [1.165, 1.54) is 64.5 Å². The highest BCUT2D eigenvalue weighted by molar-refractivity contribution is 4.68. The van der Waals surface area contributed by atoms with Crippen molar-refractivity contribution in [1.82, 2.24) is 5.32 Å². The fourth-order valence-electron chi connectivity index (χ4n) is 2.03. The Hall–Kier alpha value is -0.0400. The molecule has 0 aromatic carbocycles. The van der Waals surface area contributed by atoms with Crippen LogP contribution in [0, 0.1) is 5.92 Å². The summed E-state index contributed by atoms with van der Waals surface area (Å²) in [4.78, 5) is 0. The summed E-state index contributed by atoms with van der Waals surface area (Å²) in [6.07, 6.45) is 11.3.